The molecule has 0 bridgehead atoms. The SMILES string of the molecule is CCOC(=O)Nc1c(CC)cccc1C(=O)O[N+](=O)[O-]. The molecule has 0 fully saturated rings. The number of amides is 1. The maximum absolute atomic E-state index is 11.6. The third-order valence-electron chi connectivity index (χ3n) is 2.41. The van der Waals surface area contributed by atoms with E-state index >= 15 is 0 Å². The quantitative estimate of drug-likeness (QED) is 0.655. The van der Waals surface area contributed by atoms with E-state index in [1.165, 1.54) is 6.07 Å². The van der Waals surface area contributed by atoms with E-state index in [2.05, 4.69) is 10.2 Å². The monoisotopic (exact) mass is 282 g/mol. The lowest BCUT2D eigenvalue weighted by Gasteiger charge is -2.13. The smallest absolute Gasteiger partial charge is 0.411 e. The third kappa shape index (κ3) is 3.94. The molecule has 1 aromatic carbocycles. The summed E-state index contributed by atoms with van der Waals surface area (Å²) in [7, 11) is 0. The second kappa shape index (κ2) is 7.07. The molecule has 0 saturated heterocycles. The molecule has 0 spiro atoms. The van der Waals surface area contributed by atoms with Gasteiger partial charge in [0.2, 0.25) is 0 Å². The number of hydrogen-bond donors (Lipinski definition) is 1. The van der Waals surface area contributed by atoms with E-state index in [1.54, 1.807) is 19.1 Å². The Labute approximate surface area is 114 Å². The topological polar surface area (TPSA) is 108 Å². The van der Waals surface area contributed by atoms with Crippen molar-refractivity contribution in [2.75, 3.05) is 11.9 Å². The Kier molecular flexibility index (Phi) is 5.45. The number of para-hydroxylation sites is 1. The number of carbonyl (C=O) groups excluding carboxylic acids is 2. The highest BCUT2D eigenvalue weighted by atomic mass is 17.0. The summed E-state index contributed by atoms with van der Waals surface area (Å²) in [6.07, 6.45) is -0.232. The number of rotatable bonds is 5. The average molecular weight is 282 g/mol. The van der Waals surface area contributed by atoms with Crippen LogP contribution in [-0.4, -0.2) is 23.8 Å². The predicted molar refractivity (Wildman–Crippen MR) is 68.9 cm³/mol. The maximum atomic E-state index is 11.6. The van der Waals surface area contributed by atoms with Crippen LogP contribution in [0.4, 0.5) is 10.5 Å². The first-order chi connectivity index (χ1) is 9.49. The minimum atomic E-state index is -1.20. The van der Waals surface area contributed by atoms with E-state index in [4.69, 9.17) is 4.74 Å². The lowest BCUT2D eigenvalue weighted by molar-refractivity contribution is -0.727. The molecule has 0 unspecified atom stereocenters. The van der Waals surface area contributed by atoms with Crippen LogP contribution < -0.4 is 5.32 Å². The largest absolute Gasteiger partial charge is 0.450 e. The molecule has 0 atom stereocenters. The Bertz CT molecular complexity index is 529. The van der Waals surface area contributed by atoms with Crippen molar-refractivity contribution < 1.29 is 24.3 Å². The molecule has 8 heteroatoms. The van der Waals surface area contributed by atoms with E-state index in [9.17, 15) is 19.7 Å². The molecular weight excluding hydrogens is 268 g/mol. The zero-order chi connectivity index (χ0) is 15.1. The molecule has 108 valence electrons. The highest BCUT2D eigenvalue weighted by Gasteiger charge is 2.19. The van der Waals surface area contributed by atoms with Crippen molar-refractivity contribution in [2.24, 2.45) is 0 Å². The van der Waals surface area contributed by atoms with Gasteiger partial charge in [0.15, 0.2) is 0 Å². The molecule has 8 nitrogen and oxygen atoms in total. The van der Waals surface area contributed by atoms with E-state index < -0.39 is 17.1 Å². The van der Waals surface area contributed by atoms with Gasteiger partial charge < -0.3 is 4.74 Å². The van der Waals surface area contributed by atoms with Gasteiger partial charge in [0.1, 0.15) is 0 Å². The number of hydrogen-bond acceptors (Lipinski definition) is 6. The van der Waals surface area contributed by atoms with Gasteiger partial charge in [0, 0.05) is 0 Å². The van der Waals surface area contributed by atoms with Crippen molar-refractivity contribution in [3.63, 3.8) is 0 Å². The number of carbonyl (C=O) groups is 2. The predicted octanol–water partition coefficient (Wildman–Crippen LogP) is 2.17. The van der Waals surface area contributed by atoms with Crippen LogP contribution in [0.25, 0.3) is 0 Å². The van der Waals surface area contributed by atoms with E-state index in [0.29, 0.717) is 12.0 Å². The molecule has 1 aromatic rings. The molecule has 0 aromatic heterocycles. The number of aryl methyl sites for hydroxylation is 1. The number of benzene rings is 1. The summed E-state index contributed by atoms with van der Waals surface area (Å²) in [5.41, 5.74) is 0.685. The highest BCUT2D eigenvalue weighted by Crippen LogP contribution is 2.23. The van der Waals surface area contributed by atoms with E-state index in [-0.39, 0.29) is 17.9 Å². The molecule has 1 rings (SSSR count). The van der Waals surface area contributed by atoms with Gasteiger partial charge in [-0.25, -0.2) is 9.63 Å². The fraction of sp³-hybridized carbons (Fsp3) is 0.333. The van der Waals surface area contributed by atoms with Crippen LogP contribution in [-0.2, 0) is 16.0 Å². The van der Waals surface area contributed by atoms with Crippen molar-refractivity contribution in [2.45, 2.75) is 20.3 Å². The lowest BCUT2D eigenvalue weighted by atomic mass is 10.1. The fourth-order valence-corrected chi connectivity index (χ4v) is 1.60. The van der Waals surface area contributed by atoms with E-state index in [1.807, 2.05) is 6.92 Å². The summed E-state index contributed by atoms with van der Waals surface area (Å²) in [6.45, 7) is 3.61. The maximum Gasteiger partial charge on any atom is 0.411 e. The minimum absolute atomic E-state index is 0.103. The number of anilines is 1. The summed E-state index contributed by atoms with van der Waals surface area (Å²) in [4.78, 5) is 37.2. The van der Waals surface area contributed by atoms with Crippen LogP contribution >= 0.6 is 0 Å². The fourth-order valence-electron chi connectivity index (χ4n) is 1.60. The zero-order valence-electron chi connectivity index (χ0n) is 11.0. The number of nitrogens with zero attached hydrogens (tertiary/aromatic N) is 1. The number of ether oxygens (including phenoxy) is 1. The Balaban J connectivity index is 3.13. The summed E-state index contributed by atoms with van der Waals surface area (Å²) in [6, 6.07) is 4.56. The van der Waals surface area contributed by atoms with Crippen LogP contribution in [0.3, 0.4) is 0 Å². The first-order valence-corrected chi connectivity index (χ1v) is 5.91. The molecule has 0 aliphatic rings. The highest BCUT2D eigenvalue weighted by molar-refractivity contribution is 6.00. The Hall–Kier alpha value is -2.64. The van der Waals surface area contributed by atoms with Crippen LogP contribution in [0.5, 0.6) is 0 Å². The van der Waals surface area contributed by atoms with Gasteiger partial charge in [-0.1, -0.05) is 19.1 Å². The van der Waals surface area contributed by atoms with Crippen LogP contribution in [0.1, 0.15) is 29.8 Å². The van der Waals surface area contributed by atoms with Gasteiger partial charge in [0.25, 0.3) is 0 Å². The zero-order valence-corrected chi connectivity index (χ0v) is 11.0. The Morgan fingerprint density at radius 3 is 2.60 bits per heavy atom. The second-order valence-corrected chi connectivity index (χ2v) is 3.64. The lowest BCUT2D eigenvalue weighted by Crippen LogP contribution is -2.19. The normalized spacial score (nSPS) is 9.70. The van der Waals surface area contributed by atoms with Crippen LogP contribution in [0.2, 0.25) is 0 Å². The summed E-state index contributed by atoms with van der Waals surface area (Å²) < 4.78 is 4.73. The minimum Gasteiger partial charge on any atom is -0.450 e. The first-order valence-electron chi connectivity index (χ1n) is 5.91. The molecule has 0 heterocycles. The van der Waals surface area contributed by atoms with Crippen molar-refractivity contribution in [3.8, 4) is 0 Å². The summed E-state index contributed by atoms with van der Waals surface area (Å²) in [5, 5.41) is 11.4. The van der Waals surface area contributed by atoms with E-state index in [0.717, 1.165) is 0 Å². The van der Waals surface area contributed by atoms with Crippen molar-refractivity contribution in [1.82, 2.24) is 0 Å². The summed E-state index contributed by atoms with van der Waals surface area (Å²) in [5.74, 6) is -1.16. The molecule has 0 radical (unpaired) electrons. The van der Waals surface area contributed by atoms with Gasteiger partial charge in [-0.2, -0.15) is 0 Å². The van der Waals surface area contributed by atoms with Gasteiger partial charge in [0.05, 0.1) is 17.9 Å². The standard InChI is InChI=1S/C12H14N2O6/c1-3-8-6-5-7-9(11(15)20-14(17)18)10(8)13-12(16)19-4-2/h5-7H,3-4H2,1-2H3,(H,13,16). The molecule has 0 saturated carbocycles. The number of nitrogens with one attached hydrogen (secondary N) is 1. The van der Waals surface area contributed by atoms with Crippen molar-refractivity contribution in [3.05, 3.63) is 39.4 Å². The average Bonchev–Trinajstić information content (AvgIpc) is 2.38. The summed E-state index contributed by atoms with van der Waals surface area (Å²) >= 11 is 0. The second-order valence-electron chi connectivity index (χ2n) is 3.64. The van der Waals surface area contributed by atoms with Crippen molar-refractivity contribution >= 4 is 17.7 Å². The van der Waals surface area contributed by atoms with Gasteiger partial charge in [-0.15, -0.1) is 10.1 Å². The van der Waals surface area contributed by atoms with Gasteiger partial charge in [-0.05, 0) is 25.0 Å². The van der Waals surface area contributed by atoms with Gasteiger partial charge in [-0.3, -0.25) is 10.1 Å². The van der Waals surface area contributed by atoms with Gasteiger partial charge >= 0.3 is 17.1 Å². The van der Waals surface area contributed by atoms with Crippen molar-refractivity contribution in [1.29, 1.82) is 0 Å². The Morgan fingerprint density at radius 2 is 2.05 bits per heavy atom. The molecular formula is C12H14N2O6. The van der Waals surface area contributed by atoms with Crippen LogP contribution in [0.15, 0.2) is 18.2 Å². The molecule has 20 heavy (non-hydrogen) atoms. The molecule has 1 N–H and O–H groups in total. The third-order valence-corrected chi connectivity index (χ3v) is 2.41. The molecule has 1 amide bonds. The molecule has 0 aliphatic heterocycles. The molecule has 0 aliphatic carbocycles. The first kappa shape index (κ1) is 15.4. The van der Waals surface area contributed by atoms with Crippen LogP contribution in [0, 0.1) is 10.1 Å². The Morgan fingerprint density at radius 1 is 1.35 bits per heavy atom.